The van der Waals surface area contributed by atoms with E-state index in [4.69, 9.17) is 27.9 Å². The number of halogens is 2. The third-order valence-electron chi connectivity index (χ3n) is 5.77. The van der Waals surface area contributed by atoms with Crippen molar-refractivity contribution in [3.63, 3.8) is 0 Å². The molecule has 0 unspecified atom stereocenters. The fraction of sp³-hybridized carbons (Fsp3) is 0.214. The number of aryl methyl sites for hydroxylation is 1. The van der Waals surface area contributed by atoms with Gasteiger partial charge in [-0.2, -0.15) is 5.26 Å². The van der Waals surface area contributed by atoms with Gasteiger partial charge in [0.05, 0.1) is 22.1 Å². The highest BCUT2D eigenvalue weighted by Gasteiger charge is 2.27. The molecule has 2 amide bonds. The molecular weight excluding hydrogens is 577 g/mol. The minimum Gasteiger partial charge on any atom is -0.483 e. The molecular formula is C28H25Cl2N3O6S. The molecule has 9 nitrogen and oxygen atoms in total. The lowest BCUT2D eigenvalue weighted by molar-refractivity contribution is -0.128. The highest BCUT2D eigenvalue weighted by Crippen LogP contribution is 2.28. The van der Waals surface area contributed by atoms with Gasteiger partial charge in [-0.15, -0.1) is 0 Å². The molecule has 0 aromatic heterocycles. The lowest BCUT2D eigenvalue weighted by atomic mass is 10.0. The van der Waals surface area contributed by atoms with Crippen LogP contribution in [0.15, 0.2) is 59.5 Å². The minimum atomic E-state index is -4.07. The first-order valence-corrected chi connectivity index (χ1v) is 14.0. The first-order chi connectivity index (χ1) is 18.7. The van der Waals surface area contributed by atoms with E-state index in [2.05, 4.69) is 5.32 Å². The second-order valence-corrected chi connectivity index (χ2v) is 11.9. The number of nitrogens with one attached hydrogen (secondary N) is 1. The van der Waals surface area contributed by atoms with Crippen LogP contribution in [0.2, 0.25) is 10.0 Å². The van der Waals surface area contributed by atoms with Crippen molar-refractivity contribution in [1.29, 1.82) is 5.26 Å². The summed E-state index contributed by atoms with van der Waals surface area (Å²) >= 11 is 12.1. The van der Waals surface area contributed by atoms with Crippen molar-refractivity contribution < 1.29 is 27.5 Å². The maximum Gasteiger partial charge on any atom is 0.266 e. The van der Waals surface area contributed by atoms with Crippen molar-refractivity contribution in [3.8, 4) is 11.8 Å². The Balaban J connectivity index is 1.76. The van der Waals surface area contributed by atoms with E-state index in [-0.39, 0.29) is 37.4 Å². The average molecular weight is 602 g/mol. The van der Waals surface area contributed by atoms with Crippen LogP contribution in [0.3, 0.4) is 0 Å². The van der Waals surface area contributed by atoms with E-state index < -0.39 is 40.1 Å². The predicted molar refractivity (Wildman–Crippen MR) is 151 cm³/mol. The number of carbonyl (C=O) groups excluding carboxylic acids is 3. The summed E-state index contributed by atoms with van der Waals surface area (Å²) < 4.78 is 32.0. The van der Waals surface area contributed by atoms with Crippen molar-refractivity contribution in [2.75, 3.05) is 19.0 Å². The van der Waals surface area contributed by atoms with E-state index in [9.17, 15) is 28.1 Å². The number of carbonyl (C=O) groups is 3. The van der Waals surface area contributed by atoms with E-state index in [1.165, 1.54) is 61.6 Å². The van der Waals surface area contributed by atoms with E-state index in [0.29, 0.717) is 15.6 Å². The lowest BCUT2D eigenvalue weighted by Crippen LogP contribution is -2.36. The standard InChI is InChI=1S/C28H25Cl2N3O6S/c1-16(2)28(36)33(4)40(37,38)22-6-7-24(17(3)9-22)32-26(34)15-39-25-8-5-20(29)13-23(25)27(35)19-10-18(14-31)11-21(30)12-19/h5-13,16H,15H2,1-4H3,(H,32,34). The molecule has 0 saturated carbocycles. The van der Waals surface area contributed by atoms with Crippen LogP contribution in [-0.2, 0) is 19.6 Å². The second kappa shape index (κ2) is 12.5. The number of amides is 2. The Labute approximate surface area is 242 Å². The van der Waals surface area contributed by atoms with Gasteiger partial charge in [-0.1, -0.05) is 37.0 Å². The zero-order chi connectivity index (χ0) is 29.8. The van der Waals surface area contributed by atoms with Crippen molar-refractivity contribution in [3.05, 3.63) is 86.9 Å². The van der Waals surface area contributed by atoms with Crippen LogP contribution in [0.5, 0.6) is 5.75 Å². The minimum absolute atomic E-state index is 0.0669. The molecule has 40 heavy (non-hydrogen) atoms. The largest absolute Gasteiger partial charge is 0.483 e. The highest BCUT2D eigenvalue weighted by molar-refractivity contribution is 7.89. The molecule has 0 aliphatic heterocycles. The van der Waals surface area contributed by atoms with E-state index in [0.717, 1.165) is 0 Å². The van der Waals surface area contributed by atoms with Gasteiger partial charge in [-0.25, -0.2) is 12.7 Å². The van der Waals surface area contributed by atoms with Gasteiger partial charge in [0, 0.05) is 34.3 Å². The smallest absolute Gasteiger partial charge is 0.266 e. The molecule has 0 aliphatic rings. The molecule has 1 N–H and O–H groups in total. The number of sulfonamides is 1. The van der Waals surface area contributed by atoms with Gasteiger partial charge in [0.25, 0.3) is 15.9 Å². The first-order valence-electron chi connectivity index (χ1n) is 11.9. The zero-order valence-electron chi connectivity index (χ0n) is 22.0. The Hall–Kier alpha value is -3.91. The Morgan fingerprint density at radius 2 is 1.73 bits per heavy atom. The number of ketones is 1. The second-order valence-electron chi connectivity index (χ2n) is 9.09. The number of anilines is 1. The van der Waals surface area contributed by atoms with Gasteiger partial charge in [0.1, 0.15) is 5.75 Å². The summed E-state index contributed by atoms with van der Waals surface area (Å²) in [5, 5.41) is 12.3. The van der Waals surface area contributed by atoms with Gasteiger partial charge in [-0.3, -0.25) is 14.4 Å². The average Bonchev–Trinajstić information content (AvgIpc) is 2.91. The number of hydrogen-bond donors (Lipinski definition) is 1. The van der Waals surface area contributed by atoms with Gasteiger partial charge in [-0.05, 0) is 67.1 Å². The molecule has 0 bridgehead atoms. The molecule has 3 aromatic carbocycles. The number of ether oxygens (including phenoxy) is 1. The maximum atomic E-state index is 13.2. The molecule has 208 valence electrons. The van der Waals surface area contributed by atoms with Crippen molar-refractivity contribution in [2.24, 2.45) is 5.92 Å². The topological polar surface area (TPSA) is 134 Å². The SMILES string of the molecule is Cc1cc(S(=O)(=O)N(C)C(=O)C(C)C)ccc1NC(=O)COc1ccc(Cl)cc1C(=O)c1cc(Cl)cc(C#N)c1. The van der Waals surface area contributed by atoms with Crippen LogP contribution < -0.4 is 10.1 Å². The van der Waals surface area contributed by atoms with Gasteiger partial charge in [0.15, 0.2) is 12.4 Å². The summed E-state index contributed by atoms with van der Waals surface area (Å²) in [6.07, 6.45) is 0. The van der Waals surface area contributed by atoms with Crippen LogP contribution >= 0.6 is 23.2 Å². The Morgan fingerprint density at radius 1 is 1.02 bits per heavy atom. The summed E-state index contributed by atoms with van der Waals surface area (Å²) in [6.45, 7) is 4.33. The predicted octanol–water partition coefficient (Wildman–Crippen LogP) is 5.23. The molecule has 3 rings (SSSR count). The molecule has 0 fully saturated rings. The number of hydrogen-bond acceptors (Lipinski definition) is 7. The van der Waals surface area contributed by atoms with Gasteiger partial charge >= 0.3 is 0 Å². The summed E-state index contributed by atoms with van der Waals surface area (Å²) in [7, 11) is -2.87. The number of nitriles is 1. The van der Waals surface area contributed by atoms with Crippen molar-refractivity contribution >= 4 is 56.5 Å². The Morgan fingerprint density at radius 3 is 2.35 bits per heavy atom. The van der Waals surface area contributed by atoms with Crippen LogP contribution in [-0.4, -0.2) is 44.0 Å². The monoisotopic (exact) mass is 601 g/mol. The van der Waals surface area contributed by atoms with Crippen LogP contribution in [0.25, 0.3) is 0 Å². The molecule has 12 heteroatoms. The summed E-state index contributed by atoms with van der Waals surface area (Å²) in [6, 6.07) is 14.5. The fourth-order valence-electron chi connectivity index (χ4n) is 3.65. The van der Waals surface area contributed by atoms with E-state index in [1.807, 2.05) is 6.07 Å². The van der Waals surface area contributed by atoms with Crippen molar-refractivity contribution in [1.82, 2.24) is 4.31 Å². The van der Waals surface area contributed by atoms with E-state index in [1.54, 1.807) is 20.8 Å². The van der Waals surface area contributed by atoms with Gasteiger partial charge in [0.2, 0.25) is 5.91 Å². The highest BCUT2D eigenvalue weighted by atomic mass is 35.5. The molecule has 0 heterocycles. The summed E-state index contributed by atoms with van der Waals surface area (Å²) in [5.41, 5.74) is 1.19. The fourth-order valence-corrected chi connectivity index (χ4v) is 5.39. The Kier molecular flexibility index (Phi) is 9.58. The molecule has 0 saturated heterocycles. The summed E-state index contributed by atoms with van der Waals surface area (Å²) in [5.74, 6) is -2.05. The first kappa shape index (κ1) is 30.6. The lowest BCUT2D eigenvalue weighted by Gasteiger charge is -2.20. The molecule has 0 aliphatic carbocycles. The number of benzene rings is 3. The Bertz CT molecular complexity index is 1650. The van der Waals surface area contributed by atoms with Gasteiger partial charge < -0.3 is 10.1 Å². The number of rotatable bonds is 9. The van der Waals surface area contributed by atoms with Crippen LogP contribution in [0.4, 0.5) is 5.69 Å². The summed E-state index contributed by atoms with van der Waals surface area (Å²) in [4.78, 5) is 37.9. The molecule has 0 radical (unpaired) electrons. The quantitative estimate of drug-likeness (QED) is 0.332. The third kappa shape index (κ3) is 6.99. The zero-order valence-corrected chi connectivity index (χ0v) is 24.3. The van der Waals surface area contributed by atoms with Crippen LogP contribution in [0.1, 0.15) is 40.9 Å². The number of nitrogens with zero attached hydrogens (tertiary/aromatic N) is 2. The maximum absolute atomic E-state index is 13.2. The van der Waals surface area contributed by atoms with Crippen LogP contribution in [0, 0.1) is 24.2 Å². The molecule has 0 spiro atoms. The third-order valence-corrected chi connectivity index (χ3v) is 7.97. The normalized spacial score (nSPS) is 11.1. The molecule has 0 atom stereocenters. The molecule has 3 aromatic rings. The van der Waals surface area contributed by atoms with Crippen molar-refractivity contribution in [2.45, 2.75) is 25.7 Å². The van der Waals surface area contributed by atoms with E-state index >= 15 is 0 Å².